The van der Waals surface area contributed by atoms with Gasteiger partial charge in [-0.3, -0.25) is 19.3 Å². The van der Waals surface area contributed by atoms with Crippen LogP contribution in [0, 0.1) is 5.82 Å². The van der Waals surface area contributed by atoms with Gasteiger partial charge >= 0.3 is 0 Å². The third-order valence-electron chi connectivity index (χ3n) is 5.16. The van der Waals surface area contributed by atoms with Crippen molar-refractivity contribution in [2.24, 2.45) is 0 Å². The van der Waals surface area contributed by atoms with E-state index in [1.165, 1.54) is 24.3 Å². The average Bonchev–Trinajstić information content (AvgIpc) is 3.12. The Morgan fingerprint density at radius 3 is 2.57 bits per heavy atom. The molecule has 0 spiro atoms. The van der Waals surface area contributed by atoms with Gasteiger partial charge in [-0.2, -0.15) is 0 Å². The van der Waals surface area contributed by atoms with Gasteiger partial charge in [-0.05, 0) is 78.4 Å². The first-order chi connectivity index (χ1) is 17.8. The highest BCUT2D eigenvalue weighted by molar-refractivity contribution is 8.18. The number of anilines is 1. The average molecular weight is 541 g/mol. The molecule has 1 heterocycles. The number of hydrogen-bond donors (Lipinski definition) is 1. The van der Waals surface area contributed by atoms with Crippen LogP contribution in [0.3, 0.4) is 0 Å². The minimum Gasteiger partial charge on any atom is -0.490 e. The number of amides is 3. The third kappa shape index (κ3) is 6.90. The van der Waals surface area contributed by atoms with E-state index in [2.05, 4.69) is 5.32 Å². The smallest absolute Gasteiger partial charge is 0.293 e. The minimum atomic E-state index is -0.435. The van der Waals surface area contributed by atoms with Crippen molar-refractivity contribution < 1.29 is 28.2 Å². The first-order valence-corrected chi connectivity index (χ1v) is 12.5. The van der Waals surface area contributed by atoms with E-state index in [-0.39, 0.29) is 24.0 Å². The fraction of sp³-hybridized carbons (Fsp3) is 0.148. The Balaban J connectivity index is 1.44. The summed E-state index contributed by atoms with van der Waals surface area (Å²) in [6, 6.07) is 17.4. The third-order valence-corrected chi connectivity index (χ3v) is 6.30. The predicted molar refractivity (Wildman–Crippen MR) is 141 cm³/mol. The normalized spacial score (nSPS) is 14.2. The molecule has 1 N–H and O–H groups in total. The number of benzene rings is 3. The summed E-state index contributed by atoms with van der Waals surface area (Å²) >= 11 is 6.77. The molecule has 7 nitrogen and oxygen atoms in total. The van der Waals surface area contributed by atoms with Gasteiger partial charge in [-0.25, -0.2) is 4.39 Å². The summed E-state index contributed by atoms with van der Waals surface area (Å²) in [5.74, 6) is -0.460. The molecule has 0 bridgehead atoms. The van der Waals surface area contributed by atoms with E-state index in [9.17, 15) is 18.8 Å². The van der Waals surface area contributed by atoms with E-state index in [0.717, 1.165) is 16.7 Å². The van der Waals surface area contributed by atoms with Crippen LogP contribution in [0.5, 0.6) is 11.5 Å². The van der Waals surface area contributed by atoms with Gasteiger partial charge in [0.15, 0.2) is 18.1 Å². The summed E-state index contributed by atoms with van der Waals surface area (Å²) < 4.78 is 24.5. The number of carbonyl (C=O) groups is 3. The summed E-state index contributed by atoms with van der Waals surface area (Å²) in [5, 5.41) is 2.80. The zero-order valence-corrected chi connectivity index (χ0v) is 21.3. The monoisotopic (exact) mass is 540 g/mol. The molecule has 0 radical (unpaired) electrons. The number of nitrogens with zero attached hydrogens (tertiary/aromatic N) is 1. The lowest BCUT2D eigenvalue weighted by Crippen LogP contribution is -2.27. The molecule has 0 unspecified atom stereocenters. The van der Waals surface area contributed by atoms with Crippen molar-refractivity contribution in [2.45, 2.75) is 13.5 Å². The van der Waals surface area contributed by atoms with Crippen molar-refractivity contribution in [1.82, 2.24) is 4.90 Å². The molecule has 1 aliphatic rings. The Bertz CT molecular complexity index is 1360. The quantitative estimate of drug-likeness (QED) is 0.329. The highest BCUT2D eigenvalue weighted by Crippen LogP contribution is 2.35. The lowest BCUT2D eigenvalue weighted by Gasteiger charge is -2.13. The standard InChI is InChI=1S/C27H22ClFN2O5S/c1-2-35-23-12-18(8-11-22(23)36-16-25(32)30-21-5-3-4-19(28)14-21)13-24-26(33)31(27(34)37-24)15-17-6-9-20(29)10-7-17/h3-14H,2,15-16H2,1H3,(H,30,32)/b24-13+. The molecule has 4 rings (SSSR count). The molecule has 10 heteroatoms. The summed E-state index contributed by atoms with van der Waals surface area (Å²) in [5.41, 5.74) is 1.81. The Morgan fingerprint density at radius 2 is 1.84 bits per heavy atom. The van der Waals surface area contributed by atoms with E-state index < -0.39 is 17.0 Å². The molecular formula is C27H22ClFN2O5S. The second kappa shape index (κ2) is 11.9. The SMILES string of the molecule is CCOc1cc(/C=C2/SC(=O)N(Cc3ccc(F)cc3)C2=O)ccc1OCC(=O)Nc1cccc(Cl)c1. The summed E-state index contributed by atoms with van der Waals surface area (Å²) in [6.07, 6.45) is 1.59. The van der Waals surface area contributed by atoms with Gasteiger partial charge in [0.1, 0.15) is 5.82 Å². The van der Waals surface area contributed by atoms with Crippen molar-refractivity contribution in [2.75, 3.05) is 18.5 Å². The first kappa shape index (κ1) is 26.2. The molecule has 0 saturated carbocycles. The Labute approximate surface area is 222 Å². The molecule has 0 aromatic heterocycles. The van der Waals surface area contributed by atoms with Gasteiger partial charge in [0.05, 0.1) is 18.1 Å². The Morgan fingerprint density at radius 1 is 1.05 bits per heavy atom. The molecule has 1 saturated heterocycles. The second-order valence-electron chi connectivity index (χ2n) is 7.88. The number of rotatable bonds is 9. The first-order valence-electron chi connectivity index (χ1n) is 11.3. The van der Waals surface area contributed by atoms with Crippen LogP contribution in [0.25, 0.3) is 6.08 Å². The van der Waals surface area contributed by atoms with Crippen molar-refractivity contribution in [3.63, 3.8) is 0 Å². The maximum Gasteiger partial charge on any atom is 0.293 e. The van der Waals surface area contributed by atoms with Crippen LogP contribution in [0.1, 0.15) is 18.1 Å². The van der Waals surface area contributed by atoms with Crippen LogP contribution in [-0.2, 0) is 16.1 Å². The van der Waals surface area contributed by atoms with Crippen molar-refractivity contribution in [3.05, 3.63) is 93.6 Å². The summed E-state index contributed by atoms with van der Waals surface area (Å²) in [7, 11) is 0. The van der Waals surface area contributed by atoms with Gasteiger partial charge in [-0.15, -0.1) is 0 Å². The lowest BCUT2D eigenvalue weighted by molar-refractivity contribution is -0.123. The van der Waals surface area contributed by atoms with Crippen LogP contribution in [0.2, 0.25) is 5.02 Å². The van der Waals surface area contributed by atoms with Gasteiger partial charge in [0.25, 0.3) is 17.1 Å². The van der Waals surface area contributed by atoms with E-state index in [1.54, 1.807) is 48.5 Å². The highest BCUT2D eigenvalue weighted by atomic mass is 35.5. The number of thioether (sulfide) groups is 1. The largest absolute Gasteiger partial charge is 0.490 e. The van der Waals surface area contributed by atoms with E-state index >= 15 is 0 Å². The number of imide groups is 1. The predicted octanol–water partition coefficient (Wildman–Crippen LogP) is 6.13. The van der Waals surface area contributed by atoms with Crippen LogP contribution < -0.4 is 14.8 Å². The Hall–Kier alpha value is -3.82. The van der Waals surface area contributed by atoms with Crippen LogP contribution >= 0.6 is 23.4 Å². The molecule has 37 heavy (non-hydrogen) atoms. The molecule has 1 fully saturated rings. The lowest BCUT2D eigenvalue weighted by atomic mass is 10.1. The van der Waals surface area contributed by atoms with Gasteiger partial charge < -0.3 is 14.8 Å². The van der Waals surface area contributed by atoms with E-state index in [4.69, 9.17) is 21.1 Å². The molecule has 3 aromatic carbocycles. The summed E-state index contributed by atoms with van der Waals surface area (Å²) in [6.45, 7) is 1.95. The number of halogens is 2. The topological polar surface area (TPSA) is 84.9 Å². The van der Waals surface area contributed by atoms with Crippen LogP contribution in [0.4, 0.5) is 14.9 Å². The molecule has 3 amide bonds. The van der Waals surface area contributed by atoms with Gasteiger partial charge in [0.2, 0.25) is 0 Å². The molecule has 0 atom stereocenters. The molecule has 3 aromatic rings. The molecule has 1 aliphatic heterocycles. The maximum atomic E-state index is 13.2. The van der Waals surface area contributed by atoms with E-state index in [0.29, 0.717) is 39.9 Å². The number of carbonyl (C=O) groups excluding carboxylic acids is 3. The van der Waals surface area contributed by atoms with Gasteiger partial charge in [0, 0.05) is 10.7 Å². The maximum absolute atomic E-state index is 13.2. The number of nitrogens with one attached hydrogen (secondary N) is 1. The molecule has 190 valence electrons. The minimum absolute atomic E-state index is 0.0521. The molecule has 0 aliphatic carbocycles. The number of hydrogen-bond acceptors (Lipinski definition) is 6. The fourth-order valence-electron chi connectivity index (χ4n) is 3.47. The summed E-state index contributed by atoms with van der Waals surface area (Å²) in [4.78, 5) is 38.9. The second-order valence-corrected chi connectivity index (χ2v) is 9.31. The zero-order valence-electron chi connectivity index (χ0n) is 19.7. The van der Waals surface area contributed by atoms with Crippen LogP contribution in [0.15, 0.2) is 71.6 Å². The Kier molecular flexibility index (Phi) is 8.47. The van der Waals surface area contributed by atoms with Crippen molar-refractivity contribution >= 4 is 52.2 Å². The van der Waals surface area contributed by atoms with Crippen LogP contribution in [-0.4, -0.2) is 35.2 Å². The molecular weight excluding hydrogens is 519 g/mol. The fourth-order valence-corrected chi connectivity index (χ4v) is 4.50. The zero-order chi connectivity index (χ0) is 26.4. The number of ether oxygens (including phenoxy) is 2. The highest BCUT2D eigenvalue weighted by Gasteiger charge is 2.35. The van der Waals surface area contributed by atoms with E-state index in [1.807, 2.05) is 6.92 Å². The van der Waals surface area contributed by atoms with Crippen molar-refractivity contribution in [3.8, 4) is 11.5 Å². The van der Waals surface area contributed by atoms with Crippen molar-refractivity contribution in [1.29, 1.82) is 0 Å². The van der Waals surface area contributed by atoms with Gasteiger partial charge in [-0.1, -0.05) is 35.9 Å².